The van der Waals surface area contributed by atoms with Gasteiger partial charge in [0, 0.05) is 13.1 Å². The van der Waals surface area contributed by atoms with Crippen LogP contribution in [0.15, 0.2) is 12.3 Å². The highest BCUT2D eigenvalue weighted by molar-refractivity contribution is 6.32. The summed E-state index contributed by atoms with van der Waals surface area (Å²) in [6.07, 6.45) is -0.319. The first-order valence-corrected chi connectivity index (χ1v) is 4.08. The molecule has 0 aromatic carbocycles. The summed E-state index contributed by atoms with van der Waals surface area (Å²) < 4.78 is 0. The zero-order valence-electron chi connectivity index (χ0n) is 7.55. The Bertz CT molecular complexity index is 423. The SMILES string of the molecule is CN(C(=O)O)c1cc([N+](=O)[O-])cnc1Cl. The summed E-state index contributed by atoms with van der Waals surface area (Å²) in [4.78, 5) is 24.6. The fourth-order valence-electron chi connectivity index (χ4n) is 0.864. The van der Waals surface area contributed by atoms with Crippen LogP contribution in [0.1, 0.15) is 0 Å². The third-order valence-electron chi connectivity index (χ3n) is 1.67. The first kappa shape index (κ1) is 11.2. The smallest absolute Gasteiger partial charge is 0.411 e. The van der Waals surface area contributed by atoms with Crippen LogP contribution in [0.25, 0.3) is 0 Å². The molecule has 80 valence electrons. The minimum atomic E-state index is -1.28. The molecule has 1 heterocycles. The van der Waals surface area contributed by atoms with Gasteiger partial charge in [0.2, 0.25) is 0 Å². The van der Waals surface area contributed by atoms with E-state index in [1.807, 2.05) is 0 Å². The van der Waals surface area contributed by atoms with E-state index in [-0.39, 0.29) is 16.5 Å². The molecule has 0 fully saturated rings. The van der Waals surface area contributed by atoms with Crippen molar-refractivity contribution in [3.8, 4) is 0 Å². The molecule has 1 rings (SSSR count). The number of anilines is 1. The largest absolute Gasteiger partial charge is 0.465 e. The second-order valence-corrected chi connectivity index (χ2v) is 2.96. The average molecular weight is 232 g/mol. The summed E-state index contributed by atoms with van der Waals surface area (Å²) in [5.41, 5.74) is -0.346. The van der Waals surface area contributed by atoms with E-state index < -0.39 is 11.0 Å². The maximum atomic E-state index is 10.6. The highest BCUT2D eigenvalue weighted by atomic mass is 35.5. The van der Waals surface area contributed by atoms with Crippen molar-refractivity contribution in [2.45, 2.75) is 0 Å². The predicted octanol–water partition coefficient (Wildman–Crippen LogP) is 1.76. The van der Waals surface area contributed by atoms with Crippen molar-refractivity contribution in [3.63, 3.8) is 0 Å². The molecular formula is C7H6ClN3O4. The van der Waals surface area contributed by atoms with E-state index in [0.717, 1.165) is 17.2 Å². The van der Waals surface area contributed by atoms with Crippen LogP contribution in [0.5, 0.6) is 0 Å². The van der Waals surface area contributed by atoms with Gasteiger partial charge in [0.1, 0.15) is 6.20 Å². The third kappa shape index (κ3) is 2.32. The Morgan fingerprint density at radius 3 is 2.80 bits per heavy atom. The lowest BCUT2D eigenvalue weighted by Crippen LogP contribution is -2.24. The Balaban J connectivity index is 3.22. The number of pyridine rings is 1. The number of halogens is 1. The molecule has 0 saturated carbocycles. The van der Waals surface area contributed by atoms with E-state index in [1.165, 1.54) is 7.05 Å². The van der Waals surface area contributed by atoms with Gasteiger partial charge in [0.05, 0.1) is 10.6 Å². The van der Waals surface area contributed by atoms with Gasteiger partial charge >= 0.3 is 6.09 Å². The zero-order chi connectivity index (χ0) is 11.6. The van der Waals surface area contributed by atoms with E-state index in [9.17, 15) is 14.9 Å². The first-order valence-electron chi connectivity index (χ1n) is 3.70. The molecule has 7 nitrogen and oxygen atoms in total. The molecule has 0 spiro atoms. The molecule has 0 bridgehead atoms. The third-order valence-corrected chi connectivity index (χ3v) is 1.96. The minimum Gasteiger partial charge on any atom is -0.465 e. The maximum Gasteiger partial charge on any atom is 0.411 e. The topological polar surface area (TPSA) is 96.6 Å². The van der Waals surface area contributed by atoms with Crippen molar-refractivity contribution < 1.29 is 14.8 Å². The fraction of sp³-hybridized carbons (Fsp3) is 0.143. The number of hydrogen-bond acceptors (Lipinski definition) is 4. The van der Waals surface area contributed by atoms with Gasteiger partial charge in [0.25, 0.3) is 5.69 Å². The molecule has 8 heteroatoms. The van der Waals surface area contributed by atoms with Crippen molar-refractivity contribution in [2.75, 3.05) is 11.9 Å². The lowest BCUT2D eigenvalue weighted by molar-refractivity contribution is -0.385. The summed E-state index contributed by atoms with van der Waals surface area (Å²) in [5, 5.41) is 19.0. The molecule has 0 aliphatic rings. The lowest BCUT2D eigenvalue weighted by atomic mass is 10.3. The fourth-order valence-corrected chi connectivity index (χ4v) is 1.09. The molecule has 1 N–H and O–H groups in total. The van der Waals surface area contributed by atoms with Crippen LogP contribution < -0.4 is 4.90 Å². The summed E-state index contributed by atoms with van der Waals surface area (Å²) in [5.74, 6) is 0. The van der Waals surface area contributed by atoms with Gasteiger partial charge in [-0.25, -0.2) is 9.78 Å². The monoisotopic (exact) mass is 231 g/mol. The molecule has 1 amide bonds. The molecule has 0 atom stereocenters. The van der Waals surface area contributed by atoms with Crippen molar-refractivity contribution in [1.82, 2.24) is 4.98 Å². The van der Waals surface area contributed by atoms with Crippen LogP contribution in [0.4, 0.5) is 16.2 Å². The number of carbonyl (C=O) groups is 1. The van der Waals surface area contributed by atoms with Gasteiger partial charge in [-0.15, -0.1) is 0 Å². The Labute approximate surface area is 89.1 Å². The normalized spacial score (nSPS) is 9.73. The van der Waals surface area contributed by atoms with Crippen molar-refractivity contribution in [1.29, 1.82) is 0 Å². The van der Waals surface area contributed by atoms with Gasteiger partial charge in [0.15, 0.2) is 5.15 Å². The summed E-state index contributed by atoms with van der Waals surface area (Å²) >= 11 is 5.60. The Kier molecular flexibility index (Phi) is 3.05. The van der Waals surface area contributed by atoms with Crippen molar-refractivity contribution in [3.05, 3.63) is 27.5 Å². The molecule has 1 aromatic rings. The van der Waals surface area contributed by atoms with Crippen molar-refractivity contribution in [2.24, 2.45) is 0 Å². The lowest BCUT2D eigenvalue weighted by Gasteiger charge is -2.13. The van der Waals surface area contributed by atoms with Gasteiger partial charge < -0.3 is 5.11 Å². The first-order chi connectivity index (χ1) is 6.93. The van der Waals surface area contributed by atoms with Crippen LogP contribution in [0, 0.1) is 10.1 Å². The second-order valence-electron chi connectivity index (χ2n) is 2.60. The van der Waals surface area contributed by atoms with Crippen LogP contribution in [0.3, 0.4) is 0 Å². The van der Waals surface area contributed by atoms with E-state index in [4.69, 9.17) is 16.7 Å². The number of nitro groups is 1. The zero-order valence-corrected chi connectivity index (χ0v) is 8.30. The van der Waals surface area contributed by atoms with Crippen LogP contribution in [0.2, 0.25) is 5.15 Å². The molecule has 0 aliphatic carbocycles. The van der Waals surface area contributed by atoms with E-state index in [1.54, 1.807) is 0 Å². The molecule has 0 aliphatic heterocycles. The summed E-state index contributed by atoms with van der Waals surface area (Å²) in [6, 6.07) is 1.05. The van der Waals surface area contributed by atoms with Crippen LogP contribution in [-0.4, -0.2) is 28.2 Å². The molecule has 1 aromatic heterocycles. The molecular weight excluding hydrogens is 226 g/mol. The van der Waals surface area contributed by atoms with E-state index >= 15 is 0 Å². The van der Waals surface area contributed by atoms with Gasteiger partial charge in [-0.2, -0.15) is 0 Å². The summed E-state index contributed by atoms with van der Waals surface area (Å²) in [6.45, 7) is 0. The molecule has 0 saturated heterocycles. The number of hydrogen-bond donors (Lipinski definition) is 1. The second kappa shape index (κ2) is 4.09. The van der Waals surface area contributed by atoms with Crippen molar-refractivity contribution >= 4 is 29.1 Å². The number of rotatable bonds is 2. The van der Waals surface area contributed by atoms with Crippen LogP contribution >= 0.6 is 11.6 Å². The highest BCUT2D eigenvalue weighted by Gasteiger charge is 2.17. The van der Waals surface area contributed by atoms with Gasteiger partial charge in [-0.1, -0.05) is 11.6 Å². The predicted molar refractivity (Wildman–Crippen MR) is 52.3 cm³/mol. The van der Waals surface area contributed by atoms with Gasteiger partial charge in [-0.05, 0) is 0 Å². The number of carboxylic acid groups (broad SMARTS) is 1. The molecule has 0 radical (unpaired) electrons. The Morgan fingerprint density at radius 2 is 2.33 bits per heavy atom. The number of aromatic nitrogens is 1. The van der Waals surface area contributed by atoms with Crippen LogP contribution in [-0.2, 0) is 0 Å². The number of amides is 1. The summed E-state index contributed by atoms with van der Waals surface area (Å²) in [7, 11) is 1.22. The Hall–Kier alpha value is -1.89. The van der Waals surface area contributed by atoms with Gasteiger partial charge in [-0.3, -0.25) is 15.0 Å². The maximum absolute atomic E-state index is 10.6. The molecule has 15 heavy (non-hydrogen) atoms. The average Bonchev–Trinajstić information content (AvgIpc) is 2.16. The van der Waals surface area contributed by atoms with E-state index in [0.29, 0.717) is 0 Å². The number of nitrogens with zero attached hydrogens (tertiary/aromatic N) is 3. The highest BCUT2D eigenvalue weighted by Crippen LogP contribution is 2.26. The van der Waals surface area contributed by atoms with E-state index in [2.05, 4.69) is 4.98 Å². The standard InChI is InChI=1S/C7H6ClN3O4/c1-10(7(12)13)5-2-4(11(14)15)3-9-6(5)8/h2-3H,1H3,(H,12,13). The quantitative estimate of drug-likeness (QED) is 0.475. The minimum absolute atomic E-state index is 0.0293. The molecule has 0 unspecified atom stereocenters. The Morgan fingerprint density at radius 1 is 1.73 bits per heavy atom.